The second-order valence-electron chi connectivity index (χ2n) is 8.15. The van der Waals surface area contributed by atoms with Crippen molar-refractivity contribution in [3.8, 4) is 5.95 Å². The highest BCUT2D eigenvalue weighted by Crippen LogP contribution is 2.34. The number of hydrogen-bond donors (Lipinski definition) is 1. The number of nitrogens with zero attached hydrogens (tertiary/aromatic N) is 5. The van der Waals surface area contributed by atoms with E-state index in [1.54, 1.807) is 4.68 Å². The van der Waals surface area contributed by atoms with Gasteiger partial charge in [0.15, 0.2) is 0 Å². The average molecular weight is 406 g/mol. The molecule has 1 unspecified atom stereocenters. The van der Waals surface area contributed by atoms with Crippen molar-refractivity contribution in [2.45, 2.75) is 64.5 Å². The van der Waals surface area contributed by atoms with Gasteiger partial charge in [0.05, 0.1) is 18.4 Å². The SMILES string of the molecule is Cc1cc(C)n(-c2nc(NC3CCC(F)(F)CC3)cc(N3CCOC(C)C3)n2)n1. The highest BCUT2D eigenvalue weighted by Gasteiger charge is 2.35. The monoisotopic (exact) mass is 406 g/mol. The minimum Gasteiger partial charge on any atom is -0.375 e. The van der Waals surface area contributed by atoms with Crippen LogP contribution in [-0.2, 0) is 4.74 Å². The molecule has 0 amide bonds. The molecule has 1 aliphatic heterocycles. The second-order valence-corrected chi connectivity index (χ2v) is 8.15. The van der Waals surface area contributed by atoms with E-state index in [2.05, 4.69) is 20.3 Å². The fourth-order valence-electron chi connectivity index (χ4n) is 4.00. The Hall–Kier alpha value is -2.29. The molecule has 2 aromatic heterocycles. The van der Waals surface area contributed by atoms with Crippen LogP contribution in [0.1, 0.15) is 44.0 Å². The van der Waals surface area contributed by atoms with Crippen molar-refractivity contribution in [2.75, 3.05) is 29.9 Å². The maximum Gasteiger partial charge on any atom is 0.254 e. The van der Waals surface area contributed by atoms with Gasteiger partial charge in [-0.25, -0.2) is 13.5 Å². The van der Waals surface area contributed by atoms with E-state index in [0.29, 0.717) is 31.2 Å². The van der Waals surface area contributed by atoms with Crippen molar-refractivity contribution in [1.82, 2.24) is 19.7 Å². The summed E-state index contributed by atoms with van der Waals surface area (Å²) in [6.45, 7) is 8.05. The predicted octanol–water partition coefficient (Wildman–Crippen LogP) is 3.49. The largest absolute Gasteiger partial charge is 0.375 e. The fraction of sp³-hybridized carbons (Fsp3) is 0.650. The quantitative estimate of drug-likeness (QED) is 0.838. The van der Waals surface area contributed by atoms with Crippen LogP contribution in [-0.4, -0.2) is 57.5 Å². The number of halogens is 2. The van der Waals surface area contributed by atoms with Crippen LogP contribution in [0.4, 0.5) is 20.4 Å². The number of hydrogen-bond acceptors (Lipinski definition) is 6. The number of morpholine rings is 1. The van der Waals surface area contributed by atoms with Crippen molar-refractivity contribution in [2.24, 2.45) is 0 Å². The van der Waals surface area contributed by atoms with E-state index in [1.807, 2.05) is 32.9 Å². The number of aromatic nitrogens is 4. The van der Waals surface area contributed by atoms with Gasteiger partial charge in [-0.2, -0.15) is 15.1 Å². The molecule has 1 aliphatic carbocycles. The summed E-state index contributed by atoms with van der Waals surface area (Å²) in [4.78, 5) is 11.6. The molecule has 3 heterocycles. The first-order valence-electron chi connectivity index (χ1n) is 10.2. The van der Waals surface area contributed by atoms with Gasteiger partial charge in [0.25, 0.3) is 5.95 Å². The third kappa shape index (κ3) is 4.66. The minimum atomic E-state index is -2.55. The zero-order valence-corrected chi connectivity index (χ0v) is 17.2. The summed E-state index contributed by atoms with van der Waals surface area (Å²) in [7, 11) is 0. The third-order valence-electron chi connectivity index (χ3n) is 5.53. The number of anilines is 2. The minimum absolute atomic E-state index is 0.0192. The van der Waals surface area contributed by atoms with Crippen molar-refractivity contribution in [1.29, 1.82) is 0 Å². The van der Waals surface area contributed by atoms with Crippen LogP contribution in [0.25, 0.3) is 5.95 Å². The average Bonchev–Trinajstić information content (AvgIpc) is 3.01. The molecule has 1 N–H and O–H groups in total. The number of ether oxygens (including phenoxy) is 1. The molecule has 0 aromatic carbocycles. The van der Waals surface area contributed by atoms with Crippen LogP contribution in [0.2, 0.25) is 0 Å². The number of aryl methyl sites for hydroxylation is 2. The van der Waals surface area contributed by atoms with E-state index < -0.39 is 5.92 Å². The third-order valence-corrected chi connectivity index (χ3v) is 5.53. The molecule has 9 heteroatoms. The summed E-state index contributed by atoms with van der Waals surface area (Å²) in [6, 6.07) is 3.86. The molecule has 2 aliphatic rings. The Bertz CT molecular complexity index is 861. The highest BCUT2D eigenvalue weighted by atomic mass is 19.3. The molecule has 0 spiro atoms. The lowest BCUT2D eigenvalue weighted by atomic mass is 9.92. The van der Waals surface area contributed by atoms with Gasteiger partial charge < -0.3 is 15.0 Å². The van der Waals surface area contributed by atoms with Crippen molar-refractivity contribution in [3.63, 3.8) is 0 Å². The van der Waals surface area contributed by atoms with Gasteiger partial charge in [0.1, 0.15) is 11.6 Å². The van der Waals surface area contributed by atoms with Crippen LogP contribution in [0.15, 0.2) is 12.1 Å². The van der Waals surface area contributed by atoms with Crippen LogP contribution in [0, 0.1) is 13.8 Å². The fourth-order valence-corrected chi connectivity index (χ4v) is 4.00. The van der Waals surface area contributed by atoms with E-state index in [0.717, 1.165) is 30.3 Å². The number of rotatable bonds is 4. The standard InChI is InChI=1S/C20H28F2N6O/c1-13-10-14(2)28(26-13)19-24-17(23-16-4-6-20(21,22)7-5-16)11-18(25-19)27-8-9-29-15(3)12-27/h10-11,15-16H,4-9,12H2,1-3H3,(H,23,24,25). The van der Waals surface area contributed by atoms with Crippen molar-refractivity contribution < 1.29 is 13.5 Å². The molecular formula is C20H28F2N6O. The number of alkyl halides is 2. The summed E-state index contributed by atoms with van der Waals surface area (Å²) in [6.07, 6.45) is 0.793. The van der Waals surface area contributed by atoms with Gasteiger partial charge in [-0.05, 0) is 39.7 Å². The molecule has 1 saturated heterocycles. The first-order chi connectivity index (χ1) is 13.8. The van der Waals surface area contributed by atoms with E-state index in [4.69, 9.17) is 9.72 Å². The van der Waals surface area contributed by atoms with Gasteiger partial charge >= 0.3 is 0 Å². The van der Waals surface area contributed by atoms with Crippen LogP contribution < -0.4 is 10.2 Å². The van der Waals surface area contributed by atoms with E-state index in [9.17, 15) is 8.78 Å². The van der Waals surface area contributed by atoms with Gasteiger partial charge in [-0.15, -0.1) is 0 Å². The van der Waals surface area contributed by atoms with E-state index in [1.165, 1.54) is 0 Å². The second kappa shape index (κ2) is 7.85. The van der Waals surface area contributed by atoms with Gasteiger partial charge in [0.2, 0.25) is 5.92 Å². The van der Waals surface area contributed by atoms with Crippen molar-refractivity contribution in [3.05, 3.63) is 23.5 Å². The Morgan fingerprint density at radius 3 is 2.59 bits per heavy atom. The summed E-state index contributed by atoms with van der Waals surface area (Å²) < 4.78 is 34.4. The van der Waals surface area contributed by atoms with E-state index in [-0.39, 0.29) is 25.0 Å². The zero-order valence-electron chi connectivity index (χ0n) is 17.2. The Morgan fingerprint density at radius 2 is 1.93 bits per heavy atom. The molecule has 4 rings (SSSR count). The first kappa shape index (κ1) is 20.0. The smallest absolute Gasteiger partial charge is 0.254 e. The number of nitrogens with one attached hydrogen (secondary N) is 1. The van der Waals surface area contributed by atoms with E-state index >= 15 is 0 Å². The Kier molecular flexibility index (Phi) is 5.42. The highest BCUT2D eigenvalue weighted by molar-refractivity contribution is 5.52. The van der Waals surface area contributed by atoms with Gasteiger partial charge in [-0.1, -0.05) is 0 Å². The molecule has 0 radical (unpaired) electrons. The molecule has 2 aromatic rings. The van der Waals surface area contributed by atoms with Crippen LogP contribution in [0.3, 0.4) is 0 Å². The summed E-state index contributed by atoms with van der Waals surface area (Å²) in [5, 5.41) is 7.87. The summed E-state index contributed by atoms with van der Waals surface area (Å²) in [5.41, 5.74) is 1.83. The Morgan fingerprint density at radius 1 is 1.17 bits per heavy atom. The maximum absolute atomic E-state index is 13.5. The molecular weight excluding hydrogens is 378 g/mol. The molecule has 1 atom stereocenters. The molecule has 158 valence electrons. The van der Waals surface area contributed by atoms with Gasteiger partial charge in [-0.3, -0.25) is 0 Å². The lowest BCUT2D eigenvalue weighted by Gasteiger charge is -2.33. The molecule has 0 bridgehead atoms. The Balaban J connectivity index is 1.63. The molecule has 2 fully saturated rings. The zero-order chi connectivity index (χ0) is 20.6. The molecule has 29 heavy (non-hydrogen) atoms. The van der Waals surface area contributed by atoms with Gasteiger partial charge in [0, 0.05) is 43.7 Å². The molecule has 7 nitrogen and oxygen atoms in total. The topological polar surface area (TPSA) is 68.1 Å². The van der Waals surface area contributed by atoms with Crippen LogP contribution in [0.5, 0.6) is 0 Å². The molecule has 1 saturated carbocycles. The lowest BCUT2D eigenvalue weighted by molar-refractivity contribution is -0.0361. The lowest BCUT2D eigenvalue weighted by Crippen LogP contribution is -2.41. The first-order valence-corrected chi connectivity index (χ1v) is 10.2. The summed E-state index contributed by atoms with van der Waals surface area (Å²) >= 11 is 0. The van der Waals surface area contributed by atoms with Crippen LogP contribution >= 0.6 is 0 Å². The Labute approximate surface area is 169 Å². The predicted molar refractivity (Wildman–Crippen MR) is 107 cm³/mol. The summed E-state index contributed by atoms with van der Waals surface area (Å²) in [5.74, 6) is -0.627. The normalized spacial score (nSPS) is 22.7. The van der Waals surface area contributed by atoms with Crippen molar-refractivity contribution >= 4 is 11.6 Å². The maximum atomic E-state index is 13.5.